The number of primary sulfonamides is 1. The highest BCUT2D eigenvalue weighted by Crippen LogP contribution is 2.30. The second kappa shape index (κ2) is 7.79. The van der Waals surface area contributed by atoms with E-state index in [1.54, 1.807) is 12.1 Å². The van der Waals surface area contributed by atoms with Gasteiger partial charge in [0.05, 0.1) is 10.9 Å². The minimum absolute atomic E-state index is 0. The van der Waals surface area contributed by atoms with E-state index in [0.717, 1.165) is 19.5 Å². The molecule has 136 valence electrons. The molecule has 1 saturated heterocycles. The van der Waals surface area contributed by atoms with Crippen molar-refractivity contribution in [3.8, 4) is 0 Å². The van der Waals surface area contributed by atoms with Gasteiger partial charge in [-0.2, -0.15) is 0 Å². The molecule has 1 aliphatic heterocycles. The number of nitrogens with two attached hydrogens (primary N) is 2. The zero-order valence-corrected chi connectivity index (χ0v) is 15.5. The zero-order valence-electron chi connectivity index (χ0n) is 13.9. The molecule has 0 radical (unpaired) electrons. The average molecular weight is 377 g/mol. The molecule has 0 aliphatic carbocycles. The van der Waals surface area contributed by atoms with E-state index in [1.165, 1.54) is 12.1 Å². The molecule has 2 atom stereocenters. The summed E-state index contributed by atoms with van der Waals surface area (Å²) < 4.78 is 22.7. The second-order valence-electron chi connectivity index (χ2n) is 6.47. The van der Waals surface area contributed by atoms with Gasteiger partial charge in [-0.05, 0) is 50.0 Å². The molecule has 1 amide bonds. The van der Waals surface area contributed by atoms with Crippen LogP contribution >= 0.6 is 12.4 Å². The highest BCUT2D eigenvalue weighted by Gasteiger charge is 2.36. The van der Waals surface area contributed by atoms with Crippen LogP contribution in [0.5, 0.6) is 0 Å². The Bertz CT molecular complexity index is 698. The lowest BCUT2D eigenvalue weighted by Crippen LogP contribution is -2.42. The standard InChI is InChI=1S/C15H24N4O3S.ClH/c1-11(19-7-6-15(2,9-16)10-19)14(20)18-12-4-3-5-13(8-12)23(17,21)22;/h3-5,8,11H,6-7,9-10,16H2,1-2H3,(H,18,20)(H2,17,21,22);1H. The first-order valence-electron chi connectivity index (χ1n) is 7.52. The number of amides is 1. The molecule has 0 spiro atoms. The summed E-state index contributed by atoms with van der Waals surface area (Å²) in [4.78, 5) is 14.5. The van der Waals surface area contributed by atoms with Crippen LogP contribution in [0.1, 0.15) is 20.3 Å². The fourth-order valence-electron chi connectivity index (χ4n) is 2.72. The smallest absolute Gasteiger partial charge is 0.241 e. The van der Waals surface area contributed by atoms with Crippen molar-refractivity contribution in [3.05, 3.63) is 24.3 Å². The van der Waals surface area contributed by atoms with Gasteiger partial charge in [0.2, 0.25) is 15.9 Å². The summed E-state index contributed by atoms with van der Waals surface area (Å²) in [5.74, 6) is -0.183. The average Bonchev–Trinajstić information content (AvgIpc) is 2.89. The van der Waals surface area contributed by atoms with Crippen molar-refractivity contribution in [3.63, 3.8) is 0 Å². The molecule has 1 aromatic carbocycles. The summed E-state index contributed by atoms with van der Waals surface area (Å²) >= 11 is 0. The molecule has 7 nitrogen and oxygen atoms in total. The molecular formula is C15H25ClN4O3S. The lowest BCUT2D eigenvalue weighted by molar-refractivity contribution is -0.120. The third-order valence-corrected chi connectivity index (χ3v) is 5.35. The molecule has 24 heavy (non-hydrogen) atoms. The van der Waals surface area contributed by atoms with Crippen molar-refractivity contribution in [1.82, 2.24) is 4.90 Å². The van der Waals surface area contributed by atoms with E-state index in [1.807, 2.05) is 6.92 Å². The van der Waals surface area contributed by atoms with Crippen LogP contribution in [0.15, 0.2) is 29.2 Å². The number of nitrogens with zero attached hydrogens (tertiary/aromatic N) is 1. The maximum atomic E-state index is 12.4. The summed E-state index contributed by atoms with van der Waals surface area (Å²) in [5.41, 5.74) is 6.25. The van der Waals surface area contributed by atoms with Gasteiger partial charge >= 0.3 is 0 Å². The molecule has 0 saturated carbocycles. The first-order chi connectivity index (χ1) is 10.6. The van der Waals surface area contributed by atoms with Crippen molar-refractivity contribution in [2.24, 2.45) is 16.3 Å². The van der Waals surface area contributed by atoms with Gasteiger partial charge in [0.25, 0.3) is 0 Å². The van der Waals surface area contributed by atoms with Gasteiger partial charge in [0, 0.05) is 12.2 Å². The number of hydrogen-bond donors (Lipinski definition) is 3. The number of sulfonamides is 1. The summed E-state index contributed by atoms with van der Waals surface area (Å²) in [7, 11) is -3.79. The van der Waals surface area contributed by atoms with E-state index in [0.29, 0.717) is 12.2 Å². The maximum Gasteiger partial charge on any atom is 0.241 e. The highest BCUT2D eigenvalue weighted by molar-refractivity contribution is 7.89. The number of benzene rings is 1. The predicted molar refractivity (Wildman–Crippen MR) is 96.5 cm³/mol. The van der Waals surface area contributed by atoms with Crippen LogP contribution in [-0.2, 0) is 14.8 Å². The molecular weight excluding hydrogens is 352 g/mol. The third kappa shape index (κ3) is 4.90. The van der Waals surface area contributed by atoms with E-state index < -0.39 is 10.0 Å². The predicted octanol–water partition coefficient (Wildman–Crippen LogP) is 0.754. The van der Waals surface area contributed by atoms with Gasteiger partial charge in [-0.15, -0.1) is 12.4 Å². The minimum Gasteiger partial charge on any atom is -0.330 e. The lowest BCUT2D eigenvalue weighted by atomic mass is 9.90. The molecule has 5 N–H and O–H groups in total. The SMILES string of the molecule is CC(C(=O)Nc1cccc(S(N)(=O)=O)c1)N1CCC(C)(CN)C1.Cl. The van der Waals surface area contributed by atoms with Crippen LogP contribution in [0.4, 0.5) is 5.69 Å². The van der Waals surface area contributed by atoms with Gasteiger partial charge in [0.1, 0.15) is 0 Å². The van der Waals surface area contributed by atoms with E-state index in [4.69, 9.17) is 10.9 Å². The molecule has 1 heterocycles. The summed E-state index contributed by atoms with van der Waals surface area (Å²) in [6.07, 6.45) is 0.960. The number of hydrogen-bond acceptors (Lipinski definition) is 5. The molecule has 1 fully saturated rings. The van der Waals surface area contributed by atoms with E-state index >= 15 is 0 Å². The molecule has 2 unspecified atom stereocenters. The van der Waals surface area contributed by atoms with Crippen LogP contribution in [0.3, 0.4) is 0 Å². The number of likely N-dealkylation sites (tertiary alicyclic amines) is 1. The Balaban J connectivity index is 0.00000288. The van der Waals surface area contributed by atoms with Gasteiger partial charge in [-0.3, -0.25) is 9.69 Å². The summed E-state index contributed by atoms with van der Waals surface area (Å²) in [5, 5.41) is 7.84. The van der Waals surface area contributed by atoms with Gasteiger partial charge in [0.15, 0.2) is 0 Å². The number of carbonyl (C=O) groups excluding carboxylic acids is 1. The topological polar surface area (TPSA) is 119 Å². The van der Waals surface area contributed by atoms with Crippen molar-refractivity contribution < 1.29 is 13.2 Å². The van der Waals surface area contributed by atoms with Crippen molar-refractivity contribution in [2.75, 3.05) is 25.0 Å². The molecule has 0 bridgehead atoms. The monoisotopic (exact) mass is 376 g/mol. The van der Waals surface area contributed by atoms with Crippen molar-refractivity contribution in [2.45, 2.75) is 31.2 Å². The third-order valence-electron chi connectivity index (χ3n) is 4.44. The van der Waals surface area contributed by atoms with E-state index in [-0.39, 0.29) is 34.7 Å². The Morgan fingerprint density at radius 1 is 1.46 bits per heavy atom. The Hall–Kier alpha value is -1.19. The van der Waals surface area contributed by atoms with Crippen molar-refractivity contribution >= 4 is 34.0 Å². The molecule has 1 aliphatic rings. The number of carbonyl (C=O) groups is 1. The summed E-state index contributed by atoms with van der Waals surface area (Å²) in [6, 6.07) is 5.60. The normalized spacial score (nSPS) is 22.7. The summed E-state index contributed by atoms with van der Waals surface area (Å²) in [6.45, 7) is 6.14. The first-order valence-corrected chi connectivity index (χ1v) is 9.07. The van der Waals surface area contributed by atoms with Crippen LogP contribution in [0.2, 0.25) is 0 Å². The van der Waals surface area contributed by atoms with Crippen LogP contribution in [0.25, 0.3) is 0 Å². The fraction of sp³-hybridized carbons (Fsp3) is 0.533. The quantitative estimate of drug-likeness (QED) is 0.700. The van der Waals surface area contributed by atoms with Gasteiger partial charge in [-0.1, -0.05) is 13.0 Å². The number of halogens is 1. The lowest BCUT2D eigenvalue weighted by Gasteiger charge is -2.26. The van der Waals surface area contributed by atoms with Crippen molar-refractivity contribution in [1.29, 1.82) is 0 Å². The Morgan fingerprint density at radius 3 is 2.67 bits per heavy atom. The molecule has 2 rings (SSSR count). The molecule has 9 heteroatoms. The second-order valence-corrected chi connectivity index (χ2v) is 8.03. The first kappa shape index (κ1) is 20.9. The van der Waals surface area contributed by atoms with Gasteiger partial charge < -0.3 is 11.1 Å². The van der Waals surface area contributed by atoms with Crippen LogP contribution < -0.4 is 16.2 Å². The largest absolute Gasteiger partial charge is 0.330 e. The Kier molecular flexibility index (Phi) is 6.77. The molecule has 0 aromatic heterocycles. The van der Waals surface area contributed by atoms with Gasteiger partial charge in [-0.25, -0.2) is 13.6 Å². The fourth-order valence-corrected chi connectivity index (χ4v) is 3.28. The Labute approximate surface area is 149 Å². The zero-order chi connectivity index (χ0) is 17.3. The number of rotatable bonds is 5. The number of anilines is 1. The molecule has 1 aromatic rings. The minimum atomic E-state index is -3.79. The van der Waals surface area contributed by atoms with E-state index in [9.17, 15) is 13.2 Å². The number of nitrogens with one attached hydrogen (secondary N) is 1. The highest BCUT2D eigenvalue weighted by atomic mass is 35.5. The van der Waals surface area contributed by atoms with Crippen LogP contribution in [-0.4, -0.2) is 44.9 Å². The maximum absolute atomic E-state index is 12.4. The Morgan fingerprint density at radius 2 is 2.12 bits per heavy atom. The van der Waals surface area contributed by atoms with E-state index in [2.05, 4.69) is 17.1 Å². The van der Waals surface area contributed by atoms with Crippen LogP contribution in [0, 0.1) is 5.41 Å².